The molecular weight excluding hydrogens is 312 g/mol. The number of aromatic amines is 1. The Labute approximate surface area is 136 Å². The maximum Gasteiger partial charge on any atom is 0.260 e. The first-order valence-corrected chi connectivity index (χ1v) is 7.80. The number of fused-ring (bicyclic) bond motifs is 1. The van der Waals surface area contributed by atoms with Crippen LogP contribution in [0.15, 0.2) is 40.6 Å². The molecule has 3 aromatic heterocycles. The van der Waals surface area contributed by atoms with Gasteiger partial charge >= 0.3 is 0 Å². The fraction of sp³-hybridized carbons (Fsp3) is 0.118. The predicted molar refractivity (Wildman–Crippen MR) is 91.3 cm³/mol. The zero-order chi connectivity index (χ0) is 16.4. The highest BCUT2D eigenvalue weighted by atomic mass is 32.1. The van der Waals surface area contributed by atoms with Crippen molar-refractivity contribution in [3.63, 3.8) is 0 Å². The number of ether oxygens (including phenoxy) is 1. The van der Waals surface area contributed by atoms with Gasteiger partial charge in [0.25, 0.3) is 5.56 Å². The van der Waals surface area contributed by atoms with Crippen LogP contribution in [0.2, 0.25) is 0 Å². The van der Waals surface area contributed by atoms with Crippen molar-refractivity contribution in [2.24, 2.45) is 0 Å². The highest BCUT2D eigenvalue weighted by Gasteiger charge is 2.15. The van der Waals surface area contributed by atoms with Gasteiger partial charge in [-0.25, -0.2) is 4.98 Å². The van der Waals surface area contributed by atoms with Crippen molar-refractivity contribution in [3.05, 3.63) is 62.9 Å². The number of methoxy groups -OCH3 is 1. The molecule has 3 aromatic rings. The quantitative estimate of drug-likeness (QED) is 0.590. The van der Waals surface area contributed by atoms with Crippen LogP contribution in [0.1, 0.15) is 21.5 Å². The van der Waals surface area contributed by atoms with Crippen LogP contribution < -0.4 is 10.3 Å². The van der Waals surface area contributed by atoms with E-state index in [1.165, 1.54) is 24.5 Å². The summed E-state index contributed by atoms with van der Waals surface area (Å²) in [5.41, 5.74) is 1.27. The number of hydrogen-bond donors (Lipinski definition) is 1. The van der Waals surface area contributed by atoms with E-state index in [9.17, 15) is 9.59 Å². The molecule has 0 atom stereocenters. The summed E-state index contributed by atoms with van der Waals surface area (Å²) in [6.45, 7) is 1.79. The lowest BCUT2D eigenvalue weighted by molar-refractivity contribution is 0.104. The van der Waals surface area contributed by atoms with E-state index in [1.807, 2.05) is 11.4 Å². The van der Waals surface area contributed by atoms with E-state index in [0.29, 0.717) is 11.4 Å². The van der Waals surface area contributed by atoms with Gasteiger partial charge in [-0.1, -0.05) is 0 Å². The molecule has 0 amide bonds. The van der Waals surface area contributed by atoms with Gasteiger partial charge in [-0.2, -0.15) is 0 Å². The summed E-state index contributed by atoms with van der Waals surface area (Å²) in [7, 11) is 1.54. The van der Waals surface area contributed by atoms with Crippen molar-refractivity contribution in [3.8, 4) is 5.88 Å². The maximum atomic E-state index is 12.4. The first-order valence-electron chi connectivity index (χ1n) is 6.92. The van der Waals surface area contributed by atoms with Gasteiger partial charge in [-0.05, 0) is 47.7 Å². The van der Waals surface area contributed by atoms with E-state index in [1.54, 1.807) is 31.3 Å². The Morgan fingerprint density at radius 3 is 2.87 bits per heavy atom. The van der Waals surface area contributed by atoms with Gasteiger partial charge in [0.2, 0.25) is 5.88 Å². The van der Waals surface area contributed by atoms with Crippen molar-refractivity contribution in [1.29, 1.82) is 0 Å². The van der Waals surface area contributed by atoms with Gasteiger partial charge < -0.3 is 9.72 Å². The highest BCUT2D eigenvalue weighted by Crippen LogP contribution is 2.22. The number of ketones is 1. The molecule has 0 spiro atoms. The predicted octanol–water partition coefficient (Wildman–Crippen LogP) is 3.20. The molecule has 0 saturated heterocycles. The SMILES string of the molecule is COc1ccc(C=CC(=O)c2c(C)c3ccsc3[nH]c2=O)cn1. The van der Waals surface area contributed by atoms with E-state index in [2.05, 4.69) is 9.97 Å². The van der Waals surface area contributed by atoms with Crippen molar-refractivity contribution >= 4 is 33.4 Å². The number of rotatable bonds is 4. The molecule has 3 heterocycles. The summed E-state index contributed by atoms with van der Waals surface area (Å²) >= 11 is 1.44. The van der Waals surface area contributed by atoms with Crippen molar-refractivity contribution in [2.45, 2.75) is 6.92 Å². The van der Waals surface area contributed by atoms with Crippen LogP contribution in [0.25, 0.3) is 16.3 Å². The minimum atomic E-state index is -0.361. The molecule has 0 aliphatic rings. The molecule has 116 valence electrons. The largest absolute Gasteiger partial charge is 0.481 e. The number of aryl methyl sites for hydroxylation is 1. The molecule has 23 heavy (non-hydrogen) atoms. The summed E-state index contributed by atoms with van der Waals surface area (Å²) in [6, 6.07) is 5.40. The van der Waals surface area contributed by atoms with Crippen LogP contribution in [-0.2, 0) is 0 Å². The lowest BCUT2D eigenvalue weighted by Crippen LogP contribution is -2.18. The number of carbonyl (C=O) groups is 1. The molecule has 0 unspecified atom stereocenters. The summed E-state index contributed by atoms with van der Waals surface area (Å²) in [6.07, 6.45) is 4.62. The summed E-state index contributed by atoms with van der Waals surface area (Å²) in [5.74, 6) is 0.177. The minimum absolute atomic E-state index is 0.175. The molecule has 0 fully saturated rings. The van der Waals surface area contributed by atoms with E-state index in [-0.39, 0.29) is 16.9 Å². The van der Waals surface area contributed by atoms with E-state index in [0.717, 1.165) is 15.8 Å². The molecule has 0 aromatic carbocycles. The number of pyridine rings is 2. The monoisotopic (exact) mass is 326 g/mol. The molecule has 1 N–H and O–H groups in total. The Balaban J connectivity index is 1.93. The number of aromatic nitrogens is 2. The Bertz CT molecular complexity index is 952. The van der Waals surface area contributed by atoms with Crippen LogP contribution in [-0.4, -0.2) is 22.9 Å². The molecule has 6 heteroatoms. The molecule has 0 radical (unpaired) electrons. The van der Waals surface area contributed by atoms with Crippen LogP contribution in [0.4, 0.5) is 0 Å². The Morgan fingerprint density at radius 2 is 2.17 bits per heavy atom. The number of nitrogens with zero attached hydrogens (tertiary/aromatic N) is 1. The lowest BCUT2D eigenvalue weighted by atomic mass is 10.0. The minimum Gasteiger partial charge on any atom is -0.481 e. The van der Waals surface area contributed by atoms with Gasteiger partial charge in [0.1, 0.15) is 4.83 Å². The van der Waals surface area contributed by atoms with Gasteiger partial charge in [0.05, 0.1) is 12.7 Å². The summed E-state index contributed by atoms with van der Waals surface area (Å²) < 4.78 is 4.98. The number of allylic oxidation sites excluding steroid dienone is 1. The van der Waals surface area contributed by atoms with Gasteiger partial charge in [-0.15, -0.1) is 11.3 Å². The standard InChI is InChI=1S/C17H14N2O3S/c1-10-12-7-8-23-17(12)19-16(21)15(10)13(20)5-3-11-4-6-14(22-2)18-9-11/h3-9H,1-2H3,(H,19,21). The second-order valence-corrected chi connectivity index (χ2v) is 5.87. The first kappa shape index (κ1) is 15.2. The topological polar surface area (TPSA) is 72.1 Å². The number of nitrogens with one attached hydrogen (secondary N) is 1. The molecule has 0 bridgehead atoms. The summed E-state index contributed by atoms with van der Waals surface area (Å²) in [4.78, 5) is 32.2. The van der Waals surface area contributed by atoms with Crippen LogP contribution >= 0.6 is 11.3 Å². The van der Waals surface area contributed by atoms with Crippen molar-refractivity contribution in [2.75, 3.05) is 7.11 Å². The Hall–Kier alpha value is -2.73. The Morgan fingerprint density at radius 1 is 1.35 bits per heavy atom. The molecule has 0 saturated carbocycles. The van der Waals surface area contributed by atoms with Crippen molar-refractivity contribution < 1.29 is 9.53 Å². The Kier molecular flexibility index (Phi) is 4.08. The third kappa shape index (κ3) is 2.93. The molecule has 0 aliphatic carbocycles. The number of H-pyrrole nitrogens is 1. The molecule has 5 nitrogen and oxygen atoms in total. The summed E-state index contributed by atoms with van der Waals surface area (Å²) in [5, 5.41) is 2.79. The lowest BCUT2D eigenvalue weighted by Gasteiger charge is -2.03. The average Bonchev–Trinajstić information content (AvgIpc) is 3.02. The van der Waals surface area contributed by atoms with Crippen LogP contribution in [0.3, 0.4) is 0 Å². The fourth-order valence-corrected chi connectivity index (χ4v) is 3.17. The number of hydrogen-bond acceptors (Lipinski definition) is 5. The number of carbonyl (C=O) groups excluding carboxylic acids is 1. The second-order valence-electron chi connectivity index (χ2n) is 4.95. The highest BCUT2D eigenvalue weighted by molar-refractivity contribution is 7.16. The maximum absolute atomic E-state index is 12.4. The van der Waals surface area contributed by atoms with Crippen LogP contribution in [0.5, 0.6) is 5.88 Å². The van der Waals surface area contributed by atoms with E-state index in [4.69, 9.17) is 4.74 Å². The van der Waals surface area contributed by atoms with Gasteiger partial charge in [0, 0.05) is 17.6 Å². The van der Waals surface area contributed by atoms with Gasteiger partial charge in [0.15, 0.2) is 5.78 Å². The zero-order valence-corrected chi connectivity index (χ0v) is 13.4. The second kappa shape index (κ2) is 6.18. The third-order valence-corrected chi connectivity index (χ3v) is 4.37. The van der Waals surface area contributed by atoms with E-state index >= 15 is 0 Å². The molecular formula is C17H14N2O3S. The zero-order valence-electron chi connectivity index (χ0n) is 12.6. The smallest absolute Gasteiger partial charge is 0.260 e. The van der Waals surface area contributed by atoms with Crippen LogP contribution in [0, 0.1) is 6.92 Å². The molecule has 3 rings (SSSR count). The number of thiophene rings is 1. The third-order valence-electron chi connectivity index (χ3n) is 3.54. The fourth-order valence-electron chi connectivity index (χ4n) is 2.33. The first-order chi connectivity index (χ1) is 11.1. The van der Waals surface area contributed by atoms with E-state index < -0.39 is 0 Å². The van der Waals surface area contributed by atoms with Crippen molar-refractivity contribution in [1.82, 2.24) is 9.97 Å². The van der Waals surface area contributed by atoms with Gasteiger partial charge in [-0.3, -0.25) is 9.59 Å². The normalized spacial score (nSPS) is 11.2. The average molecular weight is 326 g/mol. The molecule has 0 aliphatic heterocycles.